The average molecular weight is 260 g/mol. The van der Waals surface area contributed by atoms with Crippen LogP contribution in [-0.4, -0.2) is 16.8 Å². The molecule has 5 rings (SSSR count). The number of rotatable bonds is 1. The molecular weight excluding hydrogens is 248 g/mol. The summed E-state index contributed by atoms with van der Waals surface area (Å²) in [5.41, 5.74) is 0. The van der Waals surface area contributed by atoms with E-state index in [1.54, 1.807) is 11.6 Å². The van der Waals surface area contributed by atoms with E-state index < -0.39 is 0 Å². The van der Waals surface area contributed by atoms with Crippen LogP contribution in [0.4, 0.5) is 5.13 Å². The number of carbonyl (C=O) groups excluding carboxylic acids is 2. The van der Waals surface area contributed by atoms with Crippen LogP contribution in [0, 0.1) is 23.7 Å². The Morgan fingerprint density at radius 1 is 1.11 bits per heavy atom. The van der Waals surface area contributed by atoms with Gasteiger partial charge in [0.25, 0.3) is 0 Å². The summed E-state index contributed by atoms with van der Waals surface area (Å²) < 4.78 is 0. The Bertz CT molecular complexity index is 519. The number of anilines is 1. The molecule has 4 nitrogen and oxygen atoms in total. The molecule has 2 amide bonds. The van der Waals surface area contributed by atoms with Gasteiger partial charge >= 0.3 is 0 Å². The van der Waals surface area contributed by atoms with Gasteiger partial charge in [-0.2, -0.15) is 0 Å². The summed E-state index contributed by atoms with van der Waals surface area (Å²) in [4.78, 5) is 30.4. The highest BCUT2D eigenvalue weighted by Gasteiger charge is 2.57. The molecule has 1 aromatic heterocycles. The zero-order valence-corrected chi connectivity index (χ0v) is 10.5. The van der Waals surface area contributed by atoms with Gasteiger partial charge in [0, 0.05) is 11.6 Å². The number of hydrogen-bond donors (Lipinski definition) is 0. The van der Waals surface area contributed by atoms with Gasteiger partial charge in [0.15, 0.2) is 5.13 Å². The number of thiazole rings is 1. The van der Waals surface area contributed by atoms with Crippen molar-refractivity contribution in [2.45, 2.75) is 12.8 Å². The van der Waals surface area contributed by atoms with Crippen LogP contribution in [0.25, 0.3) is 0 Å². The molecule has 2 bridgehead atoms. The molecule has 0 spiro atoms. The fourth-order valence-corrected chi connectivity index (χ4v) is 4.24. The fourth-order valence-electron chi connectivity index (χ4n) is 3.59. The normalized spacial score (nSPS) is 37.4. The standard InChI is InChI=1S/C13H12N2O2S/c16-11-9-7-1-2-8(4-3-7)10(9)12(17)15(11)13-14-5-6-18-13/h1-2,5-10H,3-4H2/t7-,8-,9-,10+/m0/s1. The third-order valence-corrected chi connectivity index (χ3v) is 5.13. The Labute approximate surface area is 108 Å². The van der Waals surface area contributed by atoms with Crippen molar-refractivity contribution in [2.75, 3.05) is 4.90 Å². The maximum absolute atomic E-state index is 12.5. The lowest BCUT2D eigenvalue weighted by molar-refractivity contribution is -0.124. The molecule has 1 aromatic rings. The summed E-state index contributed by atoms with van der Waals surface area (Å²) in [6.45, 7) is 0. The molecule has 3 aliphatic carbocycles. The van der Waals surface area contributed by atoms with E-state index in [-0.39, 0.29) is 35.5 Å². The summed E-state index contributed by atoms with van der Waals surface area (Å²) >= 11 is 1.35. The number of amides is 2. The van der Waals surface area contributed by atoms with Gasteiger partial charge in [-0.05, 0) is 24.7 Å². The molecule has 2 fully saturated rings. The van der Waals surface area contributed by atoms with E-state index in [9.17, 15) is 9.59 Å². The first-order chi connectivity index (χ1) is 8.77. The van der Waals surface area contributed by atoms with E-state index >= 15 is 0 Å². The van der Waals surface area contributed by atoms with Crippen molar-refractivity contribution < 1.29 is 9.59 Å². The van der Waals surface area contributed by atoms with Crippen molar-refractivity contribution in [3.8, 4) is 0 Å². The highest BCUT2D eigenvalue weighted by molar-refractivity contribution is 7.14. The number of allylic oxidation sites excluding steroid dienone is 2. The number of aromatic nitrogens is 1. The number of carbonyl (C=O) groups is 2. The van der Waals surface area contributed by atoms with E-state index in [1.165, 1.54) is 16.2 Å². The molecule has 4 aliphatic rings. The van der Waals surface area contributed by atoms with Crippen LogP contribution >= 0.6 is 11.3 Å². The number of hydrogen-bond acceptors (Lipinski definition) is 4. The van der Waals surface area contributed by atoms with Crippen molar-refractivity contribution in [1.29, 1.82) is 0 Å². The summed E-state index contributed by atoms with van der Waals surface area (Å²) in [5.74, 6) is 0.149. The molecule has 2 heterocycles. The van der Waals surface area contributed by atoms with Crippen molar-refractivity contribution in [1.82, 2.24) is 4.98 Å². The van der Waals surface area contributed by atoms with Gasteiger partial charge in [-0.3, -0.25) is 9.59 Å². The minimum absolute atomic E-state index is 0.0426. The van der Waals surface area contributed by atoms with E-state index in [2.05, 4.69) is 17.1 Å². The summed E-state index contributed by atoms with van der Waals surface area (Å²) in [5, 5.41) is 2.32. The molecule has 0 radical (unpaired) electrons. The second-order valence-corrected chi connectivity index (χ2v) is 6.04. The monoisotopic (exact) mass is 260 g/mol. The lowest BCUT2D eigenvalue weighted by Crippen LogP contribution is -2.38. The SMILES string of the molecule is O=C1[C@@H]2[C@H](C(=O)N1c1nccs1)[C@H]1C=C[C@H]2CC1. The van der Waals surface area contributed by atoms with Crippen LogP contribution in [0.3, 0.4) is 0 Å². The van der Waals surface area contributed by atoms with E-state index in [0.29, 0.717) is 5.13 Å². The first-order valence-corrected chi connectivity index (χ1v) is 7.11. The van der Waals surface area contributed by atoms with Crippen molar-refractivity contribution in [3.63, 3.8) is 0 Å². The molecule has 92 valence electrons. The molecule has 0 aromatic carbocycles. The molecule has 0 unspecified atom stereocenters. The Hall–Kier alpha value is -1.49. The second-order valence-electron chi connectivity index (χ2n) is 5.17. The molecular formula is C13H12N2O2S. The van der Waals surface area contributed by atoms with E-state index in [4.69, 9.17) is 0 Å². The van der Waals surface area contributed by atoms with Gasteiger partial charge in [-0.15, -0.1) is 11.3 Å². The lowest BCUT2D eigenvalue weighted by Gasteiger charge is -2.38. The van der Waals surface area contributed by atoms with Gasteiger partial charge in [-0.1, -0.05) is 12.2 Å². The van der Waals surface area contributed by atoms with Crippen molar-refractivity contribution in [2.24, 2.45) is 23.7 Å². The molecule has 0 N–H and O–H groups in total. The van der Waals surface area contributed by atoms with Gasteiger partial charge in [0.1, 0.15) is 0 Å². The fraction of sp³-hybridized carbons (Fsp3) is 0.462. The molecule has 18 heavy (non-hydrogen) atoms. The van der Waals surface area contributed by atoms with Gasteiger partial charge in [0.2, 0.25) is 11.8 Å². The molecule has 1 aliphatic heterocycles. The van der Waals surface area contributed by atoms with Crippen molar-refractivity contribution >= 4 is 28.3 Å². The first kappa shape index (κ1) is 10.4. The second kappa shape index (κ2) is 3.51. The topological polar surface area (TPSA) is 50.3 Å². The largest absolute Gasteiger partial charge is 0.274 e. The molecule has 1 saturated heterocycles. The zero-order chi connectivity index (χ0) is 12.3. The Balaban J connectivity index is 1.79. The van der Waals surface area contributed by atoms with Crippen LogP contribution in [0.5, 0.6) is 0 Å². The van der Waals surface area contributed by atoms with Crippen molar-refractivity contribution in [3.05, 3.63) is 23.7 Å². The quantitative estimate of drug-likeness (QED) is 0.572. The summed E-state index contributed by atoms with van der Waals surface area (Å²) in [7, 11) is 0. The van der Waals surface area contributed by atoms with Gasteiger partial charge in [0.05, 0.1) is 11.8 Å². The Morgan fingerprint density at radius 2 is 1.72 bits per heavy atom. The summed E-state index contributed by atoms with van der Waals surface area (Å²) in [6, 6.07) is 0. The van der Waals surface area contributed by atoms with Crippen LogP contribution < -0.4 is 4.90 Å². The maximum atomic E-state index is 12.5. The molecule has 5 heteroatoms. The minimum atomic E-state index is -0.134. The predicted molar refractivity (Wildman–Crippen MR) is 66.9 cm³/mol. The summed E-state index contributed by atoms with van der Waals surface area (Å²) in [6.07, 6.45) is 7.97. The predicted octanol–water partition coefficient (Wildman–Crippen LogP) is 1.84. The number of imide groups is 1. The average Bonchev–Trinajstić information content (AvgIpc) is 3.00. The third-order valence-electron chi connectivity index (χ3n) is 4.37. The van der Waals surface area contributed by atoms with Crippen LogP contribution in [0.1, 0.15) is 12.8 Å². The van der Waals surface area contributed by atoms with Gasteiger partial charge < -0.3 is 0 Å². The number of fused-ring (bicyclic) bond motifs is 1. The van der Waals surface area contributed by atoms with Crippen LogP contribution in [0.15, 0.2) is 23.7 Å². The smallest absolute Gasteiger partial charge is 0.240 e. The Kier molecular flexibility index (Phi) is 2.03. The highest BCUT2D eigenvalue weighted by atomic mass is 32.1. The highest BCUT2D eigenvalue weighted by Crippen LogP contribution is 2.50. The first-order valence-electron chi connectivity index (χ1n) is 6.23. The molecule has 4 atom stereocenters. The van der Waals surface area contributed by atoms with Crippen LogP contribution in [0.2, 0.25) is 0 Å². The zero-order valence-electron chi connectivity index (χ0n) is 9.65. The molecule has 1 saturated carbocycles. The third kappa shape index (κ3) is 1.17. The number of nitrogens with zero attached hydrogens (tertiary/aromatic N) is 2. The van der Waals surface area contributed by atoms with E-state index in [1.807, 2.05) is 0 Å². The minimum Gasteiger partial charge on any atom is -0.274 e. The lowest BCUT2D eigenvalue weighted by atomic mass is 9.63. The maximum Gasteiger partial charge on any atom is 0.240 e. The Morgan fingerprint density at radius 3 is 2.17 bits per heavy atom. The van der Waals surface area contributed by atoms with E-state index in [0.717, 1.165) is 12.8 Å². The van der Waals surface area contributed by atoms with Crippen LogP contribution in [-0.2, 0) is 9.59 Å². The van der Waals surface area contributed by atoms with Gasteiger partial charge in [-0.25, -0.2) is 9.88 Å².